The number of thioether (sulfide) groups is 1. The van der Waals surface area contributed by atoms with Crippen LogP contribution in [0.5, 0.6) is 0 Å². The SMILES string of the molecule is FC(F)(F)C1CS1. The molecule has 0 saturated carbocycles. The molecule has 0 aromatic rings. The van der Waals surface area contributed by atoms with E-state index < -0.39 is 11.4 Å². The minimum atomic E-state index is -3.93. The quantitative estimate of drug-likeness (QED) is 0.447. The standard InChI is InChI=1S/C3H3F3S/c4-3(5,6)2-1-7-2/h2H,1H2. The van der Waals surface area contributed by atoms with E-state index in [0.29, 0.717) is 0 Å². The molecule has 1 fully saturated rings. The molecule has 0 bridgehead atoms. The Kier molecular flexibility index (Phi) is 0.986. The highest BCUT2D eigenvalue weighted by atomic mass is 32.2. The van der Waals surface area contributed by atoms with Crippen LogP contribution in [0.2, 0.25) is 0 Å². The van der Waals surface area contributed by atoms with Gasteiger partial charge in [-0.15, -0.1) is 11.8 Å². The average molecular weight is 128 g/mol. The van der Waals surface area contributed by atoms with E-state index in [0.717, 1.165) is 11.8 Å². The van der Waals surface area contributed by atoms with E-state index in [4.69, 9.17) is 0 Å². The van der Waals surface area contributed by atoms with Gasteiger partial charge in [-0.25, -0.2) is 0 Å². The van der Waals surface area contributed by atoms with Crippen molar-refractivity contribution in [1.82, 2.24) is 0 Å². The summed E-state index contributed by atoms with van der Waals surface area (Å²) in [6.45, 7) is 0. The minimum absolute atomic E-state index is 0.267. The Hall–Kier alpha value is 0.140. The van der Waals surface area contributed by atoms with Crippen LogP contribution in [-0.2, 0) is 0 Å². The van der Waals surface area contributed by atoms with Crippen molar-refractivity contribution in [2.45, 2.75) is 11.4 Å². The summed E-state index contributed by atoms with van der Waals surface area (Å²) in [5.74, 6) is 0.267. The van der Waals surface area contributed by atoms with Crippen molar-refractivity contribution in [3.05, 3.63) is 0 Å². The van der Waals surface area contributed by atoms with Crippen LogP contribution in [0.1, 0.15) is 0 Å². The van der Waals surface area contributed by atoms with Gasteiger partial charge in [0.25, 0.3) is 0 Å². The summed E-state index contributed by atoms with van der Waals surface area (Å²) in [5.41, 5.74) is 0. The number of alkyl halides is 3. The van der Waals surface area contributed by atoms with Crippen LogP contribution < -0.4 is 0 Å². The Morgan fingerprint density at radius 2 is 1.86 bits per heavy atom. The lowest BCUT2D eigenvalue weighted by molar-refractivity contribution is -0.119. The molecule has 0 spiro atoms. The first-order valence-electron chi connectivity index (χ1n) is 1.79. The third kappa shape index (κ3) is 1.26. The molecule has 0 amide bonds. The lowest BCUT2D eigenvalue weighted by atomic mass is 10.5. The molecule has 0 aliphatic carbocycles. The molecule has 0 nitrogen and oxygen atoms in total. The maximum absolute atomic E-state index is 11.2. The fourth-order valence-electron chi connectivity index (χ4n) is 0.237. The highest BCUT2D eigenvalue weighted by molar-refractivity contribution is 8.07. The second kappa shape index (κ2) is 1.31. The molecule has 7 heavy (non-hydrogen) atoms. The molecule has 1 unspecified atom stereocenters. The first kappa shape index (κ1) is 5.28. The molecule has 0 aromatic carbocycles. The molecule has 4 heteroatoms. The minimum Gasteiger partial charge on any atom is -0.170 e. The van der Waals surface area contributed by atoms with Crippen LogP contribution in [0.15, 0.2) is 0 Å². The van der Waals surface area contributed by atoms with Crippen molar-refractivity contribution in [2.75, 3.05) is 5.75 Å². The van der Waals surface area contributed by atoms with E-state index in [-0.39, 0.29) is 5.75 Å². The zero-order chi connectivity index (χ0) is 5.49. The first-order valence-corrected chi connectivity index (χ1v) is 2.84. The number of hydrogen-bond donors (Lipinski definition) is 0. The normalized spacial score (nSPS) is 30.4. The van der Waals surface area contributed by atoms with Gasteiger partial charge < -0.3 is 0 Å². The summed E-state index contributed by atoms with van der Waals surface area (Å²) >= 11 is 0.950. The fraction of sp³-hybridized carbons (Fsp3) is 1.00. The molecule has 1 heterocycles. The third-order valence-corrected chi connectivity index (χ3v) is 1.63. The second-order valence-corrected chi connectivity index (χ2v) is 2.60. The van der Waals surface area contributed by atoms with E-state index in [9.17, 15) is 13.2 Å². The summed E-state index contributed by atoms with van der Waals surface area (Å²) in [5, 5.41) is -1.03. The van der Waals surface area contributed by atoms with Crippen molar-refractivity contribution in [3.8, 4) is 0 Å². The van der Waals surface area contributed by atoms with Crippen LogP contribution in [0, 0.1) is 0 Å². The Bertz CT molecular complexity index is 72.7. The molecule has 42 valence electrons. The molecular formula is C3H3F3S. The lowest BCUT2D eigenvalue weighted by Gasteiger charge is -1.97. The molecule has 1 rings (SSSR count). The lowest BCUT2D eigenvalue weighted by Crippen LogP contribution is -2.14. The fourth-order valence-corrected chi connectivity index (χ4v) is 0.711. The van der Waals surface area contributed by atoms with E-state index in [1.165, 1.54) is 0 Å². The maximum Gasteiger partial charge on any atom is 0.401 e. The van der Waals surface area contributed by atoms with E-state index in [2.05, 4.69) is 0 Å². The van der Waals surface area contributed by atoms with Crippen molar-refractivity contribution in [2.24, 2.45) is 0 Å². The number of rotatable bonds is 0. The summed E-state index contributed by atoms with van der Waals surface area (Å²) in [7, 11) is 0. The average Bonchev–Trinajstić information content (AvgIpc) is 1.99. The first-order chi connectivity index (χ1) is 3.11. The smallest absolute Gasteiger partial charge is 0.170 e. The zero-order valence-electron chi connectivity index (χ0n) is 3.33. The molecular weight excluding hydrogens is 125 g/mol. The van der Waals surface area contributed by atoms with Crippen LogP contribution >= 0.6 is 11.8 Å². The predicted octanol–water partition coefficient (Wildman–Crippen LogP) is 1.66. The highest BCUT2D eigenvalue weighted by Crippen LogP contribution is 2.43. The zero-order valence-corrected chi connectivity index (χ0v) is 4.14. The summed E-state index contributed by atoms with van der Waals surface area (Å²) in [6, 6.07) is 0. The van der Waals surface area contributed by atoms with Crippen molar-refractivity contribution in [1.29, 1.82) is 0 Å². The van der Waals surface area contributed by atoms with Gasteiger partial charge in [0.15, 0.2) is 0 Å². The van der Waals surface area contributed by atoms with Crippen molar-refractivity contribution >= 4 is 11.8 Å². The van der Waals surface area contributed by atoms with Crippen LogP contribution in [0.25, 0.3) is 0 Å². The predicted molar refractivity (Wildman–Crippen MR) is 22.3 cm³/mol. The second-order valence-electron chi connectivity index (χ2n) is 1.36. The van der Waals surface area contributed by atoms with Gasteiger partial charge in [0, 0.05) is 5.75 Å². The Morgan fingerprint density at radius 3 is 1.86 bits per heavy atom. The molecule has 0 radical (unpaired) electrons. The van der Waals surface area contributed by atoms with Gasteiger partial charge in [0.2, 0.25) is 0 Å². The van der Waals surface area contributed by atoms with Gasteiger partial charge in [0.1, 0.15) is 5.25 Å². The summed E-state index contributed by atoms with van der Waals surface area (Å²) in [6.07, 6.45) is -3.93. The van der Waals surface area contributed by atoms with Crippen LogP contribution in [0.3, 0.4) is 0 Å². The third-order valence-electron chi connectivity index (χ3n) is 0.698. The van der Waals surface area contributed by atoms with Gasteiger partial charge in [-0.1, -0.05) is 0 Å². The van der Waals surface area contributed by atoms with Gasteiger partial charge in [-0.05, 0) is 0 Å². The van der Waals surface area contributed by atoms with Gasteiger partial charge in [-0.3, -0.25) is 0 Å². The van der Waals surface area contributed by atoms with Gasteiger partial charge in [-0.2, -0.15) is 13.2 Å². The monoisotopic (exact) mass is 128 g/mol. The summed E-state index contributed by atoms with van der Waals surface area (Å²) in [4.78, 5) is 0. The highest BCUT2D eigenvalue weighted by Gasteiger charge is 2.48. The van der Waals surface area contributed by atoms with Crippen LogP contribution in [0.4, 0.5) is 13.2 Å². The topological polar surface area (TPSA) is 0 Å². The number of halogens is 3. The van der Waals surface area contributed by atoms with E-state index in [1.54, 1.807) is 0 Å². The Labute approximate surface area is 43.1 Å². The van der Waals surface area contributed by atoms with Crippen molar-refractivity contribution < 1.29 is 13.2 Å². The molecule has 0 aromatic heterocycles. The van der Waals surface area contributed by atoms with Crippen LogP contribution in [-0.4, -0.2) is 17.2 Å². The summed E-state index contributed by atoms with van der Waals surface area (Å²) < 4.78 is 33.7. The Balaban J connectivity index is 2.36. The van der Waals surface area contributed by atoms with Crippen molar-refractivity contribution in [3.63, 3.8) is 0 Å². The largest absolute Gasteiger partial charge is 0.401 e. The van der Waals surface area contributed by atoms with E-state index >= 15 is 0 Å². The van der Waals surface area contributed by atoms with Gasteiger partial charge >= 0.3 is 6.18 Å². The molecule has 0 N–H and O–H groups in total. The molecule has 1 atom stereocenters. The van der Waals surface area contributed by atoms with E-state index in [1.807, 2.05) is 0 Å². The molecule has 1 aliphatic heterocycles. The maximum atomic E-state index is 11.2. The molecule has 1 aliphatic rings. The number of hydrogen-bond acceptors (Lipinski definition) is 1. The van der Waals surface area contributed by atoms with Gasteiger partial charge in [0.05, 0.1) is 0 Å². The Morgan fingerprint density at radius 1 is 1.43 bits per heavy atom. The molecule has 1 saturated heterocycles.